The quantitative estimate of drug-likeness (QED) is 0.659. The molecule has 1 saturated heterocycles. The van der Waals surface area contributed by atoms with Gasteiger partial charge in [-0.05, 0) is 18.6 Å². The third kappa shape index (κ3) is 3.14. The van der Waals surface area contributed by atoms with Gasteiger partial charge in [0.1, 0.15) is 11.4 Å². The van der Waals surface area contributed by atoms with Crippen molar-refractivity contribution in [3.8, 4) is 5.75 Å². The van der Waals surface area contributed by atoms with E-state index in [0.717, 1.165) is 0 Å². The molecule has 0 aliphatic carbocycles. The van der Waals surface area contributed by atoms with Gasteiger partial charge in [-0.25, -0.2) is 8.42 Å². The van der Waals surface area contributed by atoms with Gasteiger partial charge in [0.2, 0.25) is 0 Å². The van der Waals surface area contributed by atoms with Crippen molar-refractivity contribution in [2.45, 2.75) is 12.5 Å². The van der Waals surface area contributed by atoms with Gasteiger partial charge in [-0.1, -0.05) is 0 Å². The van der Waals surface area contributed by atoms with E-state index in [1.165, 1.54) is 19.2 Å². The van der Waals surface area contributed by atoms with E-state index in [2.05, 4.69) is 5.32 Å². The third-order valence-corrected chi connectivity index (χ3v) is 4.76. The van der Waals surface area contributed by atoms with Gasteiger partial charge in [-0.3, -0.25) is 10.1 Å². The van der Waals surface area contributed by atoms with Gasteiger partial charge in [-0.15, -0.1) is 0 Å². The van der Waals surface area contributed by atoms with Crippen molar-refractivity contribution in [3.63, 3.8) is 0 Å². The zero-order valence-corrected chi connectivity index (χ0v) is 11.1. The first-order valence-electron chi connectivity index (χ1n) is 5.71. The van der Waals surface area contributed by atoms with Gasteiger partial charge in [0.15, 0.2) is 9.84 Å². The molecule has 1 heterocycles. The number of anilines is 1. The van der Waals surface area contributed by atoms with E-state index in [4.69, 9.17) is 4.74 Å². The lowest BCUT2D eigenvalue weighted by molar-refractivity contribution is -0.384. The molecular weight excluding hydrogens is 272 g/mol. The summed E-state index contributed by atoms with van der Waals surface area (Å²) in [5.74, 6) is 0.515. The summed E-state index contributed by atoms with van der Waals surface area (Å²) in [6.07, 6.45) is 0.464. The number of benzene rings is 1. The van der Waals surface area contributed by atoms with Crippen molar-refractivity contribution in [1.82, 2.24) is 0 Å². The Balaban J connectivity index is 2.23. The maximum Gasteiger partial charge on any atom is 0.296 e. The summed E-state index contributed by atoms with van der Waals surface area (Å²) in [4.78, 5) is 10.5. The highest BCUT2D eigenvalue weighted by molar-refractivity contribution is 7.91. The maximum atomic E-state index is 11.4. The lowest BCUT2D eigenvalue weighted by Gasteiger charge is -2.13. The Morgan fingerprint density at radius 2 is 2.21 bits per heavy atom. The summed E-state index contributed by atoms with van der Waals surface area (Å²) in [5.41, 5.74) is 0.191. The van der Waals surface area contributed by atoms with Gasteiger partial charge in [0.25, 0.3) is 5.69 Å². The molecule has 0 aromatic heterocycles. The lowest BCUT2D eigenvalue weighted by Crippen LogP contribution is -2.21. The van der Waals surface area contributed by atoms with Crippen molar-refractivity contribution in [1.29, 1.82) is 0 Å². The van der Waals surface area contributed by atoms with E-state index >= 15 is 0 Å². The first-order chi connectivity index (χ1) is 8.91. The van der Waals surface area contributed by atoms with Crippen molar-refractivity contribution in [2.75, 3.05) is 23.9 Å². The van der Waals surface area contributed by atoms with Crippen LogP contribution in [0.3, 0.4) is 0 Å². The minimum atomic E-state index is -3.02. The van der Waals surface area contributed by atoms with Gasteiger partial charge >= 0.3 is 0 Å². The second-order valence-electron chi connectivity index (χ2n) is 4.38. The van der Waals surface area contributed by atoms with Gasteiger partial charge in [-0.2, -0.15) is 0 Å². The number of sulfone groups is 1. The van der Waals surface area contributed by atoms with Crippen molar-refractivity contribution in [2.24, 2.45) is 0 Å². The highest BCUT2D eigenvalue weighted by Gasteiger charge is 2.29. The van der Waals surface area contributed by atoms with Crippen LogP contribution in [0.4, 0.5) is 11.4 Å². The molecule has 1 N–H and O–H groups in total. The molecule has 1 unspecified atom stereocenters. The molecule has 0 radical (unpaired) electrons. The van der Waals surface area contributed by atoms with E-state index in [1.54, 1.807) is 6.07 Å². The van der Waals surface area contributed by atoms with Crippen LogP contribution in [0.1, 0.15) is 6.42 Å². The Morgan fingerprint density at radius 1 is 1.47 bits per heavy atom. The Kier molecular flexibility index (Phi) is 3.61. The van der Waals surface area contributed by atoms with Crippen molar-refractivity contribution >= 4 is 21.2 Å². The topological polar surface area (TPSA) is 98.5 Å². The number of nitrogens with one attached hydrogen (secondary N) is 1. The number of nitrogens with zero attached hydrogens (tertiary/aromatic N) is 1. The Labute approximate surface area is 110 Å². The number of nitro groups is 1. The summed E-state index contributed by atoms with van der Waals surface area (Å²) >= 11 is 0. The lowest BCUT2D eigenvalue weighted by atomic mass is 10.2. The maximum absolute atomic E-state index is 11.4. The number of hydrogen-bond donors (Lipinski definition) is 1. The van der Waals surface area contributed by atoms with Crippen LogP contribution in [-0.4, -0.2) is 38.0 Å². The number of hydrogen-bond acceptors (Lipinski definition) is 6. The predicted molar refractivity (Wildman–Crippen MR) is 70.3 cm³/mol. The first-order valence-corrected chi connectivity index (χ1v) is 7.53. The molecule has 104 valence electrons. The van der Waals surface area contributed by atoms with Crippen LogP contribution in [0.15, 0.2) is 18.2 Å². The zero-order valence-electron chi connectivity index (χ0n) is 10.3. The summed E-state index contributed by atoms with van der Waals surface area (Å²) in [6.45, 7) is 0. The fraction of sp³-hybridized carbons (Fsp3) is 0.455. The molecule has 1 aliphatic rings. The van der Waals surface area contributed by atoms with E-state index in [9.17, 15) is 18.5 Å². The SMILES string of the molecule is COc1ccc(NC2CCS(=O)(=O)C2)c([N+](=O)[O-])c1. The van der Waals surface area contributed by atoms with E-state index in [0.29, 0.717) is 17.9 Å². The Bertz CT molecular complexity index is 599. The summed E-state index contributed by atoms with van der Waals surface area (Å²) < 4.78 is 27.6. The van der Waals surface area contributed by atoms with Crippen LogP contribution in [0.25, 0.3) is 0 Å². The first kappa shape index (κ1) is 13.6. The number of ether oxygens (including phenoxy) is 1. The largest absolute Gasteiger partial charge is 0.496 e. The molecule has 0 amide bonds. The number of rotatable bonds is 4. The minimum absolute atomic E-state index is 0.0101. The second-order valence-corrected chi connectivity index (χ2v) is 6.61. The normalized spacial score (nSPS) is 21.0. The average Bonchev–Trinajstić information content (AvgIpc) is 2.69. The third-order valence-electron chi connectivity index (χ3n) is 2.99. The Hall–Kier alpha value is -1.83. The minimum Gasteiger partial charge on any atom is -0.496 e. The smallest absolute Gasteiger partial charge is 0.296 e. The molecule has 19 heavy (non-hydrogen) atoms. The van der Waals surface area contributed by atoms with E-state index < -0.39 is 14.8 Å². The molecule has 2 rings (SSSR count). The van der Waals surface area contributed by atoms with Crippen LogP contribution >= 0.6 is 0 Å². The average molecular weight is 286 g/mol. The van der Waals surface area contributed by atoms with Crippen LogP contribution in [0, 0.1) is 10.1 Å². The van der Waals surface area contributed by atoms with E-state index in [1.807, 2.05) is 0 Å². The standard InChI is InChI=1S/C11H14N2O5S/c1-18-9-2-3-10(11(6-9)13(14)15)12-8-4-5-19(16,17)7-8/h2-3,6,8,12H,4-5,7H2,1H3. The molecule has 1 aromatic carbocycles. The predicted octanol–water partition coefficient (Wildman–Crippen LogP) is 1.20. The summed E-state index contributed by atoms with van der Waals surface area (Å²) in [7, 11) is -1.59. The molecule has 7 nitrogen and oxygen atoms in total. The zero-order chi connectivity index (χ0) is 14.0. The van der Waals surface area contributed by atoms with E-state index in [-0.39, 0.29) is 23.2 Å². The molecule has 1 aromatic rings. The second kappa shape index (κ2) is 5.04. The molecule has 0 saturated carbocycles. The Morgan fingerprint density at radius 3 is 2.74 bits per heavy atom. The molecule has 0 spiro atoms. The fourth-order valence-corrected chi connectivity index (χ4v) is 3.71. The van der Waals surface area contributed by atoms with Crippen molar-refractivity contribution < 1.29 is 18.1 Å². The van der Waals surface area contributed by atoms with Gasteiger partial charge in [0.05, 0.1) is 29.6 Å². The molecule has 1 fully saturated rings. The summed E-state index contributed by atoms with van der Waals surface area (Å²) in [5, 5.41) is 13.9. The number of nitro benzene ring substituents is 1. The van der Waals surface area contributed by atoms with Crippen molar-refractivity contribution in [3.05, 3.63) is 28.3 Å². The molecular formula is C11H14N2O5S. The van der Waals surface area contributed by atoms with Crippen LogP contribution in [0.2, 0.25) is 0 Å². The van der Waals surface area contributed by atoms with Crippen LogP contribution < -0.4 is 10.1 Å². The highest BCUT2D eigenvalue weighted by Crippen LogP contribution is 2.30. The van der Waals surface area contributed by atoms with Crippen LogP contribution in [0.5, 0.6) is 5.75 Å². The molecule has 8 heteroatoms. The number of methoxy groups -OCH3 is 1. The molecule has 1 aliphatic heterocycles. The van der Waals surface area contributed by atoms with Gasteiger partial charge in [0, 0.05) is 6.04 Å². The monoisotopic (exact) mass is 286 g/mol. The van der Waals surface area contributed by atoms with Gasteiger partial charge < -0.3 is 10.1 Å². The molecule has 1 atom stereocenters. The summed E-state index contributed by atoms with van der Waals surface area (Å²) in [6, 6.07) is 4.16. The fourth-order valence-electron chi connectivity index (χ4n) is 2.04. The highest BCUT2D eigenvalue weighted by atomic mass is 32.2. The molecule has 0 bridgehead atoms. The van der Waals surface area contributed by atoms with Crippen LogP contribution in [-0.2, 0) is 9.84 Å².